The Morgan fingerprint density at radius 3 is 2.07 bits per heavy atom. The summed E-state index contributed by atoms with van der Waals surface area (Å²) in [6.07, 6.45) is 2.48. The number of quaternary nitrogens is 1. The van der Waals surface area contributed by atoms with Crippen molar-refractivity contribution in [2.24, 2.45) is 0 Å². The van der Waals surface area contributed by atoms with Gasteiger partial charge in [-0.25, -0.2) is 0 Å². The van der Waals surface area contributed by atoms with Gasteiger partial charge in [0.15, 0.2) is 0 Å². The number of hydrogen-bond donors (Lipinski definition) is 0. The van der Waals surface area contributed by atoms with Gasteiger partial charge in [0.05, 0.1) is 27.7 Å². The maximum absolute atomic E-state index is 2.24. The minimum Gasteiger partial charge on any atom is -1.00 e. The third-order valence-electron chi connectivity index (χ3n) is 2.14. The normalized spacial score (nSPS) is 10.8. The smallest absolute Gasteiger partial charge is 0.0783 e. The van der Waals surface area contributed by atoms with Crippen LogP contribution in [0.3, 0.4) is 0 Å². The minimum atomic E-state index is 0. The predicted molar refractivity (Wildman–Crippen MR) is 57.7 cm³/mol. The molecule has 0 aliphatic rings. The molecule has 1 aromatic rings. The molecule has 0 aliphatic heterocycles. The van der Waals surface area contributed by atoms with E-state index in [0.29, 0.717) is 0 Å². The van der Waals surface area contributed by atoms with Crippen LogP contribution in [0.25, 0.3) is 0 Å². The van der Waals surface area contributed by atoms with E-state index < -0.39 is 0 Å². The molecule has 2 heteroatoms. The highest BCUT2D eigenvalue weighted by molar-refractivity contribution is 5.14. The minimum absolute atomic E-state index is 0. The average Bonchev–Trinajstić information content (AvgIpc) is 2.04. The van der Waals surface area contributed by atoms with Crippen LogP contribution in [0.1, 0.15) is 12.0 Å². The summed E-state index contributed by atoms with van der Waals surface area (Å²) in [5, 5.41) is 0. The van der Waals surface area contributed by atoms with E-state index in [4.69, 9.17) is 0 Å². The van der Waals surface area contributed by atoms with E-state index in [1.54, 1.807) is 0 Å². The first-order valence-corrected chi connectivity index (χ1v) is 4.92. The van der Waals surface area contributed by atoms with E-state index >= 15 is 0 Å². The van der Waals surface area contributed by atoms with Gasteiger partial charge in [-0.15, -0.1) is 0 Å². The highest BCUT2D eigenvalue weighted by atomic mass is 35.5. The van der Waals surface area contributed by atoms with Gasteiger partial charge < -0.3 is 16.9 Å². The quantitative estimate of drug-likeness (QED) is 0.583. The molecule has 0 saturated carbocycles. The highest BCUT2D eigenvalue weighted by Crippen LogP contribution is 2.04. The maximum atomic E-state index is 2.24. The third kappa shape index (κ3) is 6.01. The molecule has 14 heavy (non-hydrogen) atoms. The number of benzene rings is 1. The van der Waals surface area contributed by atoms with Crippen molar-refractivity contribution in [2.45, 2.75) is 12.8 Å². The second kappa shape index (κ2) is 6.05. The fraction of sp³-hybridized carbons (Fsp3) is 0.500. The first-order valence-electron chi connectivity index (χ1n) is 4.92. The molecule has 0 unspecified atom stereocenters. The van der Waals surface area contributed by atoms with E-state index in [0.717, 1.165) is 4.48 Å². The molecule has 0 amide bonds. The highest BCUT2D eigenvalue weighted by Gasteiger charge is 2.05. The summed E-state index contributed by atoms with van der Waals surface area (Å²) in [5.74, 6) is 0. The Hall–Kier alpha value is -0.530. The fourth-order valence-electron chi connectivity index (χ4n) is 1.40. The molecule has 0 radical (unpaired) electrons. The summed E-state index contributed by atoms with van der Waals surface area (Å²) in [6, 6.07) is 10.7. The van der Waals surface area contributed by atoms with Crippen LogP contribution in [-0.2, 0) is 6.42 Å². The lowest BCUT2D eigenvalue weighted by Crippen LogP contribution is -3.00. The van der Waals surface area contributed by atoms with Crippen molar-refractivity contribution in [3.8, 4) is 0 Å². The van der Waals surface area contributed by atoms with E-state index in [2.05, 4.69) is 51.5 Å². The number of nitrogens with zero attached hydrogens (tertiary/aromatic N) is 1. The van der Waals surface area contributed by atoms with Gasteiger partial charge in [-0.3, -0.25) is 0 Å². The molecule has 0 bridgehead atoms. The Kier molecular flexibility index (Phi) is 5.82. The summed E-state index contributed by atoms with van der Waals surface area (Å²) >= 11 is 0. The zero-order valence-corrected chi connectivity index (χ0v) is 10.1. The lowest BCUT2D eigenvalue weighted by atomic mass is 10.1. The molecule has 0 fully saturated rings. The molecule has 0 aromatic heterocycles. The Morgan fingerprint density at radius 2 is 1.57 bits per heavy atom. The van der Waals surface area contributed by atoms with Gasteiger partial charge in [0.2, 0.25) is 0 Å². The molecule has 1 aromatic carbocycles. The topological polar surface area (TPSA) is 0 Å². The molecular weight excluding hydrogens is 194 g/mol. The number of hydrogen-bond acceptors (Lipinski definition) is 0. The number of halogens is 1. The van der Waals surface area contributed by atoms with Crippen molar-refractivity contribution in [1.29, 1.82) is 0 Å². The zero-order chi connectivity index (χ0) is 9.73. The van der Waals surface area contributed by atoms with E-state index in [9.17, 15) is 0 Å². The number of rotatable bonds is 4. The molecule has 1 rings (SSSR count). The Bertz CT molecular complexity index is 238. The van der Waals surface area contributed by atoms with Crippen LogP contribution in [0.4, 0.5) is 0 Å². The summed E-state index contributed by atoms with van der Waals surface area (Å²) in [6.45, 7) is 1.24. The van der Waals surface area contributed by atoms with Gasteiger partial charge in [-0.2, -0.15) is 0 Å². The van der Waals surface area contributed by atoms with Crippen molar-refractivity contribution in [1.82, 2.24) is 0 Å². The second-order valence-electron chi connectivity index (χ2n) is 4.60. The van der Waals surface area contributed by atoms with Crippen LogP contribution >= 0.6 is 0 Å². The van der Waals surface area contributed by atoms with Crippen molar-refractivity contribution in [3.05, 3.63) is 35.9 Å². The van der Waals surface area contributed by atoms with Gasteiger partial charge >= 0.3 is 0 Å². The van der Waals surface area contributed by atoms with Crippen molar-refractivity contribution in [2.75, 3.05) is 27.7 Å². The SMILES string of the molecule is C[N+](C)(C)CCCc1ccccc1.[Cl-]. The van der Waals surface area contributed by atoms with Crippen LogP contribution in [0.15, 0.2) is 30.3 Å². The molecular formula is C12H20ClN. The van der Waals surface area contributed by atoms with Crippen LogP contribution in [0.5, 0.6) is 0 Å². The Balaban J connectivity index is 0.00000169. The van der Waals surface area contributed by atoms with E-state index in [1.807, 2.05) is 0 Å². The van der Waals surface area contributed by atoms with Crippen LogP contribution in [-0.4, -0.2) is 32.2 Å². The molecule has 0 saturated heterocycles. The summed E-state index contributed by atoms with van der Waals surface area (Å²) in [5.41, 5.74) is 1.45. The fourth-order valence-corrected chi connectivity index (χ4v) is 1.40. The second-order valence-corrected chi connectivity index (χ2v) is 4.60. The number of aryl methyl sites for hydroxylation is 1. The lowest BCUT2D eigenvalue weighted by Gasteiger charge is -2.23. The van der Waals surface area contributed by atoms with Crippen LogP contribution in [0.2, 0.25) is 0 Å². The first kappa shape index (κ1) is 13.5. The monoisotopic (exact) mass is 213 g/mol. The van der Waals surface area contributed by atoms with Crippen LogP contribution < -0.4 is 12.4 Å². The zero-order valence-electron chi connectivity index (χ0n) is 9.33. The largest absolute Gasteiger partial charge is 1.00 e. The summed E-state index contributed by atoms with van der Waals surface area (Å²) in [7, 11) is 6.72. The average molecular weight is 214 g/mol. The van der Waals surface area contributed by atoms with Gasteiger partial charge in [0.25, 0.3) is 0 Å². The van der Waals surface area contributed by atoms with Gasteiger partial charge in [-0.05, 0) is 12.0 Å². The summed E-state index contributed by atoms with van der Waals surface area (Å²) in [4.78, 5) is 0. The van der Waals surface area contributed by atoms with Gasteiger partial charge in [0, 0.05) is 6.42 Å². The molecule has 0 spiro atoms. The van der Waals surface area contributed by atoms with Gasteiger partial charge in [0.1, 0.15) is 0 Å². The molecule has 80 valence electrons. The molecule has 0 N–H and O–H groups in total. The molecule has 0 atom stereocenters. The van der Waals surface area contributed by atoms with Crippen molar-refractivity contribution >= 4 is 0 Å². The third-order valence-corrected chi connectivity index (χ3v) is 2.14. The Morgan fingerprint density at radius 1 is 1.00 bits per heavy atom. The van der Waals surface area contributed by atoms with E-state index in [-0.39, 0.29) is 12.4 Å². The van der Waals surface area contributed by atoms with E-state index in [1.165, 1.54) is 24.9 Å². The van der Waals surface area contributed by atoms with Crippen LogP contribution in [0, 0.1) is 0 Å². The van der Waals surface area contributed by atoms with Crippen molar-refractivity contribution < 1.29 is 16.9 Å². The van der Waals surface area contributed by atoms with Gasteiger partial charge in [-0.1, -0.05) is 30.3 Å². The molecule has 0 heterocycles. The molecule has 0 aliphatic carbocycles. The standard InChI is InChI=1S/C12H20N.ClH/c1-13(2,3)11-7-10-12-8-5-4-6-9-12;/h4-6,8-9H,7,10-11H2,1-3H3;1H/q+1;/p-1. The predicted octanol–water partition coefficient (Wildman–Crippen LogP) is -0.671. The lowest BCUT2D eigenvalue weighted by molar-refractivity contribution is -0.870. The van der Waals surface area contributed by atoms with Crippen molar-refractivity contribution in [3.63, 3.8) is 0 Å². The summed E-state index contributed by atoms with van der Waals surface area (Å²) < 4.78 is 1.06. The first-order chi connectivity index (χ1) is 6.08. The Labute approximate surface area is 93.7 Å². The molecule has 1 nitrogen and oxygen atoms in total. The maximum Gasteiger partial charge on any atom is 0.0783 e.